The largest absolute Gasteiger partial charge is 0.349 e. The number of fused-ring (bicyclic) bond motifs is 1. The van der Waals surface area contributed by atoms with Gasteiger partial charge in [0.2, 0.25) is 11.8 Å². The third-order valence-corrected chi connectivity index (χ3v) is 8.96. The van der Waals surface area contributed by atoms with Gasteiger partial charge in [0.15, 0.2) is 5.79 Å². The molecule has 4 atom stereocenters. The fourth-order valence-corrected chi connectivity index (χ4v) is 6.84. The number of amides is 2. The van der Waals surface area contributed by atoms with Crippen LogP contribution in [0.3, 0.4) is 0 Å². The van der Waals surface area contributed by atoms with Crippen molar-refractivity contribution >= 4 is 11.8 Å². The Morgan fingerprint density at radius 2 is 1.69 bits per heavy atom. The van der Waals surface area contributed by atoms with E-state index < -0.39 is 5.79 Å². The van der Waals surface area contributed by atoms with Gasteiger partial charge in [-0.25, -0.2) is 0 Å². The van der Waals surface area contributed by atoms with E-state index in [1.165, 1.54) is 19.5 Å². The molecule has 0 radical (unpaired) electrons. The molecule has 5 fully saturated rings. The summed E-state index contributed by atoms with van der Waals surface area (Å²) < 4.78 is 12.7. The van der Waals surface area contributed by atoms with E-state index in [0.717, 1.165) is 44.6 Å². The van der Waals surface area contributed by atoms with E-state index in [2.05, 4.69) is 37.9 Å². The minimum absolute atomic E-state index is 0.0859. The zero-order valence-electron chi connectivity index (χ0n) is 22.9. The van der Waals surface area contributed by atoms with Crippen LogP contribution in [0.1, 0.15) is 59.8 Å². The predicted molar refractivity (Wildman–Crippen MR) is 138 cm³/mol. The molecular weight excluding hydrogens is 456 g/mol. The van der Waals surface area contributed by atoms with E-state index in [9.17, 15) is 9.59 Å². The van der Waals surface area contributed by atoms with Crippen molar-refractivity contribution in [2.24, 2.45) is 29.6 Å². The summed E-state index contributed by atoms with van der Waals surface area (Å²) >= 11 is 0. The molecule has 5 aliphatic rings. The molecule has 204 valence electrons. The summed E-state index contributed by atoms with van der Waals surface area (Å²) in [7, 11) is 0. The third-order valence-electron chi connectivity index (χ3n) is 8.96. The minimum Gasteiger partial charge on any atom is -0.349 e. The minimum atomic E-state index is -0.540. The van der Waals surface area contributed by atoms with Crippen LogP contribution in [0.2, 0.25) is 0 Å². The second kappa shape index (κ2) is 10.9. The zero-order valence-corrected chi connectivity index (χ0v) is 22.9. The molecule has 0 aromatic heterocycles. The van der Waals surface area contributed by atoms with Gasteiger partial charge in [-0.3, -0.25) is 9.59 Å². The standard InChI is InChI=1S/C28H48N4O4/c1-19(2)11-24-26(33)32(10-7-29-24)25(12-20(3)4)27(34)31-8-5-28(6-9-31)35-17-21(18-36-28)14-30-15-22-13-23(22)16-30/h19-25,29H,5-18H2,1-4H3/t22?,23?,24-,25?/m0/s1. The summed E-state index contributed by atoms with van der Waals surface area (Å²) in [6.45, 7) is 16.3. The lowest BCUT2D eigenvalue weighted by Gasteiger charge is -2.47. The van der Waals surface area contributed by atoms with Crippen LogP contribution in [0.25, 0.3) is 0 Å². The van der Waals surface area contributed by atoms with Gasteiger partial charge in [-0.15, -0.1) is 0 Å². The van der Waals surface area contributed by atoms with Crippen molar-refractivity contribution < 1.29 is 19.1 Å². The first-order chi connectivity index (χ1) is 17.2. The van der Waals surface area contributed by atoms with Gasteiger partial charge in [0.25, 0.3) is 0 Å². The number of carbonyl (C=O) groups is 2. The highest BCUT2D eigenvalue weighted by Gasteiger charge is 2.47. The van der Waals surface area contributed by atoms with Crippen molar-refractivity contribution in [3.63, 3.8) is 0 Å². The van der Waals surface area contributed by atoms with Crippen LogP contribution in [0.4, 0.5) is 0 Å². The molecular formula is C28H48N4O4. The van der Waals surface area contributed by atoms with Gasteiger partial charge in [0.1, 0.15) is 6.04 Å². The molecule has 3 unspecified atom stereocenters. The number of piperazine rings is 1. The molecule has 2 amide bonds. The molecule has 8 nitrogen and oxygen atoms in total. The lowest BCUT2D eigenvalue weighted by atomic mass is 9.95. The molecule has 0 bridgehead atoms. The number of nitrogens with one attached hydrogen (secondary N) is 1. The Balaban J connectivity index is 1.14. The number of ether oxygens (including phenoxy) is 2. The van der Waals surface area contributed by atoms with E-state index >= 15 is 0 Å². The average Bonchev–Trinajstić information content (AvgIpc) is 3.46. The maximum Gasteiger partial charge on any atom is 0.245 e. The van der Waals surface area contributed by atoms with Crippen molar-refractivity contribution in [2.75, 3.05) is 59.0 Å². The van der Waals surface area contributed by atoms with Gasteiger partial charge in [-0.1, -0.05) is 27.7 Å². The maximum absolute atomic E-state index is 13.8. The number of carbonyl (C=O) groups excluding carboxylic acids is 2. The summed E-state index contributed by atoms with van der Waals surface area (Å²) in [5.41, 5.74) is 0. The predicted octanol–water partition coefficient (Wildman–Crippen LogP) is 2.18. The second-order valence-electron chi connectivity index (χ2n) is 13.0. The lowest BCUT2D eigenvalue weighted by molar-refractivity contribution is -0.298. The summed E-state index contributed by atoms with van der Waals surface area (Å²) in [5.74, 6) is 2.77. The van der Waals surface area contributed by atoms with Crippen LogP contribution < -0.4 is 5.32 Å². The van der Waals surface area contributed by atoms with Crippen LogP contribution in [0.15, 0.2) is 0 Å². The highest BCUT2D eigenvalue weighted by molar-refractivity contribution is 5.90. The van der Waals surface area contributed by atoms with Crippen LogP contribution >= 0.6 is 0 Å². The van der Waals surface area contributed by atoms with Gasteiger partial charge >= 0.3 is 0 Å². The molecule has 5 rings (SSSR count). The van der Waals surface area contributed by atoms with Crippen LogP contribution in [-0.4, -0.2) is 103 Å². The third kappa shape index (κ3) is 5.92. The van der Waals surface area contributed by atoms with Crippen molar-refractivity contribution in [3.05, 3.63) is 0 Å². The van der Waals surface area contributed by atoms with Gasteiger partial charge in [-0.05, 0) is 42.9 Å². The Labute approximate surface area is 217 Å². The first kappa shape index (κ1) is 26.4. The lowest BCUT2D eigenvalue weighted by Crippen LogP contribution is -2.63. The maximum atomic E-state index is 13.8. The van der Waals surface area contributed by atoms with E-state index in [-0.39, 0.29) is 23.9 Å². The highest BCUT2D eigenvalue weighted by atomic mass is 16.7. The van der Waals surface area contributed by atoms with Gasteiger partial charge < -0.3 is 29.5 Å². The van der Waals surface area contributed by atoms with Crippen LogP contribution in [0.5, 0.6) is 0 Å². The molecule has 36 heavy (non-hydrogen) atoms. The quantitative estimate of drug-likeness (QED) is 0.546. The van der Waals surface area contributed by atoms with Gasteiger partial charge in [-0.2, -0.15) is 0 Å². The topological polar surface area (TPSA) is 74.4 Å². The van der Waals surface area contributed by atoms with E-state index in [4.69, 9.17) is 9.47 Å². The molecule has 8 heteroatoms. The van der Waals surface area contributed by atoms with Crippen molar-refractivity contribution in [2.45, 2.75) is 77.7 Å². The number of nitrogens with zero attached hydrogens (tertiary/aromatic N) is 3. The Morgan fingerprint density at radius 1 is 1.03 bits per heavy atom. The normalized spacial score (nSPS) is 31.9. The smallest absolute Gasteiger partial charge is 0.245 e. The molecule has 1 saturated carbocycles. The monoisotopic (exact) mass is 504 g/mol. The number of likely N-dealkylation sites (tertiary alicyclic amines) is 2. The van der Waals surface area contributed by atoms with E-state index in [1.54, 1.807) is 0 Å². The Morgan fingerprint density at radius 3 is 2.31 bits per heavy atom. The molecule has 1 spiro atoms. The van der Waals surface area contributed by atoms with Gasteiger partial charge in [0, 0.05) is 64.6 Å². The van der Waals surface area contributed by atoms with E-state index in [0.29, 0.717) is 56.7 Å². The second-order valence-corrected chi connectivity index (χ2v) is 13.0. The number of hydrogen-bond donors (Lipinski definition) is 1. The van der Waals surface area contributed by atoms with Crippen LogP contribution in [-0.2, 0) is 19.1 Å². The van der Waals surface area contributed by atoms with Crippen LogP contribution in [0, 0.1) is 29.6 Å². The van der Waals surface area contributed by atoms with Crippen molar-refractivity contribution in [1.82, 2.24) is 20.0 Å². The molecule has 1 aliphatic carbocycles. The fraction of sp³-hybridized carbons (Fsp3) is 0.929. The first-order valence-corrected chi connectivity index (χ1v) is 14.6. The molecule has 4 aliphatic heterocycles. The first-order valence-electron chi connectivity index (χ1n) is 14.6. The molecule has 4 saturated heterocycles. The average molecular weight is 505 g/mol. The molecule has 0 aromatic carbocycles. The molecule has 4 heterocycles. The SMILES string of the molecule is CC(C)CC(C(=O)N1CCC2(CC1)OCC(CN1CC3CC3C1)CO2)N1CCN[C@@H](CC(C)C)C1=O. The zero-order chi connectivity index (χ0) is 25.4. The Kier molecular flexibility index (Phi) is 7.97. The van der Waals surface area contributed by atoms with Crippen molar-refractivity contribution in [1.29, 1.82) is 0 Å². The van der Waals surface area contributed by atoms with E-state index in [1.807, 2.05) is 9.80 Å². The number of piperidine rings is 2. The summed E-state index contributed by atoms with van der Waals surface area (Å²) in [6, 6.07) is -0.568. The summed E-state index contributed by atoms with van der Waals surface area (Å²) in [5, 5.41) is 3.37. The Bertz CT molecular complexity index is 776. The molecule has 0 aromatic rings. The molecule has 1 N–H and O–H groups in total. The van der Waals surface area contributed by atoms with Crippen molar-refractivity contribution in [3.8, 4) is 0 Å². The number of hydrogen-bond acceptors (Lipinski definition) is 6. The fourth-order valence-electron chi connectivity index (χ4n) is 6.84. The Hall–Kier alpha value is -1.22. The summed E-state index contributed by atoms with van der Waals surface area (Å²) in [6.07, 6.45) is 4.36. The highest BCUT2D eigenvalue weighted by Crippen LogP contribution is 2.45. The van der Waals surface area contributed by atoms with Gasteiger partial charge in [0.05, 0.1) is 19.3 Å². The summed E-state index contributed by atoms with van der Waals surface area (Å²) in [4.78, 5) is 33.5. The number of rotatable bonds is 8.